The molecule has 5 nitrogen and oxygen atoms in total. The number of halogens is 1. The molecule has 0 aromatic heterocycles. The van der Waals surface area contributed by atoms with Gasteiger partial charge in [-0.2, -0.15) is 0 Å². The Bertz CT molecular complexity index is 1040. The Hall–Kier alpha value is -2.99. The molecule has 0 spiro atoms. The van der Waals surface area contributed by atoms with E-state index in [4.69, 9.17) is 4.74 Å². The van der Waals surface area contributed by atoms with Crippen molar-refractivity contribution in [2.75, 3.05) is 13.2 Å². The van der Waals surface area contributed by atoms with Gasteiger partial charge in [-0.15, -0.1) is 0 Å². The Morgan fingerprint density at radius 3 is 2.31 bits per heavy atom. The van der Waals surface area contributed by atoms with Crippen molar-refractivity contribution in [2.45, 2.75) is 51.2 Å². The molecule has 2 heterocycles. The first kappa shape index (κ1) is 22.2. The van der Waals surface area contributed by atoms with Gasteiger partial charge in [0.05, 0.1) is 17.7 Å². The standard InChI is InChI=1S/C26H28FNO4/c1-26(2,3)18-10-6-16(7-11-18)22-21(23(29)17-8-12-19(27)13-9-17)24(30)25(31)28(22)15-20-5-4-14-32-20/h6-13,20,22,29H,4-5,14-15H2,1-3H3/b23-21+. The lowest BCUT2D eigenvalue weighted by atomic mass is 9.85. The van der Waals surface area contributed by atoms with Crippen LogP contribution in [0.4, 0.5) is 4.39 Å². The molecule has 32 heavy (non-hydrogen) atoms. The lowest BCUT2D eigenvalue weighted by Crippen LogP contribution is -2.36. The second-order valence-electron chi connectivity index (χ2n) is 9.47. The fraction of sp³-hybridized carbons (Fsp3) is 0.385. The summed E-state index contributed by atoms with van der Waals surface area (Å²) in [6.07, 6.45) is 1.58. The molecule has 2 aromatic carbocycles. The predicted octanol–water partition coefficient (Wildman–Crippen LogP) is 4.72. The van der Waals surface area contributed by atoms with E-state index in [1.54, 1.807) is 0 Å². The van der Waals surface area contributed by atoms with E-state index < -0.39 is 23.5 Å². The maximum absolute atomic E-state index is 13.4. The molecule has 2 fully saturated rings. The first-order valence-corrected chi connectivity index (χ1v) is 10.9. The highest BCUT2D eigenvalue weighted by atomic mass is 19.1. The van der Waals surface area contributed by atoms with Gasteiger partial charge in [0.2, 0.25) is 0 Å². The van der Waals surface area contributed by atoms with E-state index in [2.05, 4.69) is 20.8 Å². The summed E-state index contributed by atoms with van der Waals surface area (Å²) < 4.78 is 19.1. The third-order valence-electron chi connectivity index (χ3n) is 6.17. The number of aliphatic hydroxyl groups is 1. The summed E-state index contributed by atoms with van der Waals surface area (Å²) in [6, 6.07) is 12.3. The van der Waals surface area contributed by atoms with Gasteiger partial charge < -0.3 is 14.7 Å². The van der Waals surface area contributed by atoms with Gasteiger partial charge in [-0.05, 0) is 53.6 Å². The molecule has 2 atom stereocenters. The number of ether oxygens (including phenoxy) is 1. The average Bonchev–Trinajstić information content (AvgIpc) is 3.36. The van der Waals surface area contributed by atoms with E-state index in [-0.39, 0.29) is 35.0 Å². The van der Waals surface area contributed by atoms with E-state index in [1.807, 2.05) is 24.3 Å². The van der Waals surface area contributed by atoms with Crippen LogP contribution in [0.3, 0.4) is 0 Å². The minimum absolute atomic E-state index is 0.0168. The van der Waals surface area contributed by atoms with Crippen LogP contribution in [0.25, 0.3) is 5.76 Å². The Morgan fingerprint density at radius 1 is 1.09 bits per heavy atom. The molecular formula is C26H28FNO4. The SMILES string of the molecule is CC(C)(C)c1ccc(C2/C(=C(\O)c3ccc(F)cc3)C(=O)C(=O)N2CC2CCCO2)cc1. The molecule has 2 aromatic rings. The van der Waals surface area contributed by atoms with Crippen LogP contribution in [0.2, 0.25) is 0 Å². The van der Waals surface area contributed by atoms with Gasteiger partial charge in [-0.25, -0.2) is 4.39 Å². The molecule has 1 N–H and O–H groups in total. The van der Waals surface area contributed by atoms with Gasteiger partial charge in [0.15, 0.2) is 0 Å². The van der Waals surface area contributed by atoms with Gasteiger partial charge in [0, 0.05) is 18.7 Å². The lowest BCUT2D eigenvalue weighted by molar-refractivity contribution is -0.140. The largest absolute Gasteiger partial charge is 0.507 e. The number of carbonyl (C=O) groups excluding carboxylic acids is 2. The highest BCUT2D eigenvalue weighted by Crippen LogP contribution is 2.40. The average molecular weight is 438 g/mol. The highest BCUT2D eigenvalue weighted by Gasteiger charge is 2.47. The van der Waals surface area contributed by atoms with Crippen molar-refractivity contribution in [1.29, 1.82) is 0 Å². The van der Waals surface area contributed by atoms with E-state index in [1.165, 1.54) is 29.2 Å². The number of hydrogen-bond acceptors (Lipinski definition) is 4. The fourth-order valence-corrected chi connectivity index (χ4v) is 4.35. The van der Waals surface area contributed by atoms with Crippen LogP contribution in [-0.2, 0) is 19.7 Å². The number of likely N-dealkylation sites (tertiary alicyclic amines) is 1. The molecule has 2 aliphatic heterocycles. The van der Waals surface area contributed by atoms with Crippen LogP contribution in [0.15, 0.2) is 54.1 Å². The van der Waals surface area contributed by atoms with Crippen molar-refractivity contribution in [2.24, 2.45) is 0 Å². The highest BCUT2D eigenvalue weighted by molar-refractivity contribution is 6.46. The normalized spacial score (nSPS) is 23.2. The number of benzene rings is 2. The van der Waals surface area contributed by atoms with Crippen LogP contribution in [0.5, 0.6) is 0 Å². The molecule has 0 saturated carbocycles. The number of hydrogen-bond donors (Lipinski definition) is 1. The van der Waals surface area contributed by atoms with Crippen molar-refractivity contribution in [3.05, 3.63) is 76.6 Å². The lowest BCUT2D eigenvalue weighted by Gasteiger charge is -2.28. The second-order valence-corrected chi connectivity index (χ2v) is 9.47. The van der Waals surface area contributed by atoms with Gasteiger partial charge >= 0.3 is 0 Å². The smallest absolute Gasteiger partial charge is 0.295 e. The number of amides is 1. The Balaban J connectivity index is 1.81. The predicted molar refractivity (Wildman–Crippen MR) is 120 cm³/mol. The first-order chi connectivity index (χ1) is 15.2. The van der Waals surface area contributed by atoms with Crippen molar-refractivity contribution in [3.8, 4) is 0 Å². The molecule has 2 unspecified atom stereocenters. The maximum atomic E-state index is 13.4. The number of nitrogens with zero attached hydrogens (tertiary/aromatic N) is 1. The summed E-state index contributed by atoms with van der Waals surface area (Å²) >= 11 is 0. The van der Waals surface area contributed by atoms with Crippen molar-refractivity contribution >= 4 is 17.4 Å². The minimum Gasteiger partial charge on any atom is -0.507 e. The number of carbonyl (C=O) groups is 2. The molecule has 0 aliphatic carbocycles. The zero-order valence-corrected chi connectivity index (χ0v) is 18.6. The number of Topliss-reactive ketones (excluding diaryl/α,β-unsaturated/α-hetero) is 1. The monoisotopic (exact) mass is 437 g/mol. The molecule has 4 rings (SSSR count). The van der Waals surface area contributed by atoms with Crippen molar-refractivity contribution < 1.29 is 23.8 Å². The quantitative estimate of drug-likeness (QED) is 0.427. The molecule has 0 radical (unpaired) electrons. The zero-order chi connectivity index (χ0) is 23.0. The van der Waals surface area contributed by atoms with Gasteiger partial charge in [-0.1, -0.05) is 45.0 Å². The number of rotatable bonds is 4. The molecule has 1 amide bonds. The second kappa shape index (κ2) is 8.51. The summed E-state index contributed by atoms with van der Waals surface area (Å²) in [6.45, 7) is 7.24. The van der Waals surface area contributed by atoms with E-state index in [0.29, 0.717) is 6.61 Å². The van der Waals surface area contributed by atoms with E-state index in [9.17, 15) is 19.1 Å². The molecule has 2 aliphatic rings. The van der Waals surface area contributed by atoms with Crippen LogP contribution >= 0.6 is 0 Å². The maximum Gasteiger partial charge on any atom is 0.295 e. The molecular weight excluding hydrogens is 409 g/mol. The van der Waals surface area contributed by atoms with Gasteiger partial charge in [-0.3, -0.25) is 9.59 Å². The topological polar surface area (TPSA) is 66.8 Å². The Morgan fingerprint density at radius 2 is 1.75 bits per heavy atom. The summed E-state index contributed by atoms with van der Waals surface area (Å²) in [5, 5.41) is 11.0. The van der Waals surface area contributed by atoms with Crippen LogP contribution < -0.4 is 0 Å². The van der Waals surface area contributed by atoms with Gasteiger partial charge in [0.25, 0.3) is 11.7 Å². The minimum atomic E-state index is -0.741. The molecule has 6 heteroatoms. The third kappa shape index (κ3) is 4.19. The Labute approximate surface area is 187 Å². The molecule has 168 valence electrons. The summed E-state index contributed by atoms with van der Waals surface area (Å²) in [5.74, 6) is -2.15. The molecule has 2 saturated heterocycles. The van der Waals surface area contributed by atoms with Crippen molar-refractivity contribution in [3.63, 3.8) is 0 Å². The van der Waals surface area contributed by atoms with Crippen LogP contribution in [0.1, 0.15) is 56.3 Å². The van der Waals surface area contributed by atoms with Crippen LogP contribution in [-0.4, -0.2) is 41.0 Å². The number of aliphatic hydroxyl groups excluding tert-OH is 1. The van der Waals surface area contributed by atoms with Crippen molar-refractivity contribution in [1.82, 2.24) is 4.90 Å². The first-order valence-electron chi connectivity index (χ1n) is 10.9. The summed E-state index contributed by atoms with van der Waals surface area (Å²) in [7, 11) is 0. The van der Waals surface area contributed by atoms with E-state index in [0.717, 1.165) is 24.0 Å². The third-order valence-corrected chi connectivity index (χ3v) is 6.17. The van der Waals surface area contributed by atoms with Crippen LogP contribution in [0, 0.1) is 5.82 Å². The van der Waals surface area contributed by atoms with E-state index >= 15 is 0 Å². The fourth-order valence-electron chi connectivity index (χ4n) is 4.35. The van der Waals surface area contributed by atoms with Gasteiger partial charge in [0.1, 0.15) is 11.6 Å². The summed E-state index contributed by atoms with van der Waals surface area (Å²) in [4.78, 5) is 27.6. The zero-order valence-electron chi connectivity index (χ0n) is 18.6. The number of ketones is 1. The molecule has 0 bridgehead atoms. The summed E-state index contributed by atoms with van der Waals surface area (Å²) in [5.41, 5.74) is 2.11. The Kier molecular flexibility index (Phi) is 5.91.